The Hall–Kier alpha value is -0.860. The van der Waals surface area contributed by atoms with Gasteiger partial charge in [0, 0.05) is 18.1 Å². The fraction of sp³-hybridized carbons (Fsp3) is 0.500. The van der Waals surface area contributed by atoms with E-state index in [0.29, 0.717) is 13.2 Å². The second-order valence-corrected chi connectivity index (χ2v) is 3.93. The number of ether oxygens (including phenoxy) is 2. The van der Waals surface area contributed by atoms with Crippen LogP contribution in [0, 0.1) is 11.8 Å². The van der Waals surface area contributed by atoms with E-state index in [1.165, 1.54) is 11.3 Å². The lowest BCUT2D eigenvalue weighted by atomic mass is 10.3. The smallest absolute Gasteiger partial charge is 0.222 e. The first-order chi connectivity index (χ1) is 7.77. The number of hydrogen-bond donors (Lipinski definition) is 1. The van der Waals surface area contributed by atoms with E-state index in [9.17, 15) is 5.11 Å². The van der Waals surface area contributed by atoms with Gasteiger partial charge in [0.1, 0.15) is 6.10 Å². The largest absolute Gasteiger partial charge is 0.375 e. The first-order valence-electron chi connectivity index (χ1n) is 5.23. The molecule has 4 heteroatoms. The van der Waals surface area contributed by atoms with Gasteiger partial charge in [-0.05, 0) is 31.2 Å². The van der Waals surface area contributed by atoms with Crippen LogP contribution in [0.15, 0.2) is 17.5 Å². The zero-order valence-corrected chi connectivity index (χ0v) is 10.3. The van der Waals surface area contributed by atoms with Crippen LogP contribution in [0.25, 0.3) is 0 Å². The summed E-state index contributed by atoms with van der Waals surface area (Å²) >= 11 is 1.48. The number of aliphatic hydroxyl groups is 1. The predicted molar refractivity (Wildman–Crippen MR) is 64.1 cm³/mol. The van der Waals surface area contributed by atoms with Gasteiger partial charge in [0.15, 0.2) is 0 Å². The highest BCUT2D eigenvalue weighted by Crippen LogP contribution is 2.17. The predicted octanol–water partition coefficient (Wildman–Crippen LogP) is 2.18. The fourth-order valence-corrected chi connectivity index (χ4v) is 1.76. The van der Waals surface area contributed by atoms with Crippen LogP contribution in [-0.4, -0.2) is 24.6 Å². The number of hydrogen-bond acceptors (Lipinski definition) is 4. The number of aliphatic hydroxyl groups excluding tert-OH is 1. The molecule has 1 aromatic heterocycles. The molecule has 1 rings (SSSR count). The Morgan fingerprint density at radius 3 is 2.50 bits per heavy atom. The average molecular weight is 240 g/mol. The van der Waals surface area contributed by atoms with Gasteiger partial charge in [-0.3, -0.25) is 0 Å². The quantitative estimate of drug-likeness (QED) is 0.633. The topological polar surface area (TPSA) is 38.7 Å². The summed E-state index contributed by atoms with van der Waals surface area (Å²) in [5.74, 6) is 5.49. The molecule has 1 aromatic rings. The first kappa shape index (κ1) is 13.2. The molecule has 1 unspecified atom stereocenters. The van der Waals surface area contributed by atoms with E-state index in [1.807, 2.05) is 31.4 Å². The Morgan fingerprint density at radius 2 is 2.00 bits per heavy atom. The van der Waals surface area contributed by atoms with Crippen molar-refractivity contribution < 1.29 is 14.6 Å². The van der Waals surface area contributed by atoms with Gasteiger partial charge in [0.25, 0.3) is 0 Å². The van der Waals surface area contributed by atoms with Crippen molar-refractivity contribution in [1.82, 2.24) is 0 Å². The average Bonchev–Trinajstić information content (AvgIpc) is 2.79. The molecule has 0 saturated carbocycles. The van der Waals surface area contributed by atoms with Crippen molar-refractivity contribution in [3.8, 4) is 11.8 Å². The minimum Gasteiger partial charge on any atom is -0.375 e. The van der Waals surface area contributed by atoms with Crippen molar-refractivity contribution in [3.63, 3.8) is 0 Å². The summed E-state index contributed by atoms with van der Waals surface area (Å²) in [7, 11) is 0. The Morgan fingerprint density at radius 1 is 1.31 bits per heavy atom. The third-order valence-electron chi connectivity index (χ3n) is 1.79. The second-order valence-electron chi connectivity index (χ2n) is 2.95. The summed E-state index contributed by atoms with van der Waals surface area (Å²) in [6.45, 7) is 4.83. The summed E-state index contributed by atoms with van der Waals surface area (Å²) in [5.41, 5.74) is 0. The zero-order valence-electron chi connectivity index (χ0n) is 9.47. The van der Waals surface area contributed by atoms with Gasteiger partial charge in [-0.15, -0.1) is 11.3 Å². The van der Waals surface area contributed by atoms with Crippen molar-refractivity contribution >= 4 is 11.3 Å². The molecule has 0 saturated heterocycles. The van der Waals surface area contributed by atoms with Crippen molar-refractivity contribution in [3.05, 3.63) is 22.4 Å². The first-order valence-corrected chi connectivity index (χ1v) is 6.11. The van der Waals surface area contributed by atoms with E-state index < -0.39 is 12.4 Å². The molecule has 0 amide bonds. The molecular formula is C12H16O3S. The summed E-state index contributed by atoms with van der Waals surface area (Å²) in [6, 6.07) is 3.73. The lowest BCUT2D eigenvalue weighted by molar-refractivity contribution is -0.0971. The number of rotatable bonds is 5. The Labute approximate surface area is 100 Å². The van der Waals surface area contributed by atoms with Crippen LogP contribution in [0.3, 0.4) is 0 Å². The molecule has 16 heavy (non-hydrogen) atoms. The SMILES string of the molecule is CCOC(C#CC(O)c1cccs1)OCC. The molecular weight excluding hydrogens is 224 g/mol. The van der Waals surface area contributed by atoms with Gasteiger partial charge in [-0.25, -0.2) is 0 Å². The molecule has 0 spiro atoms. The molecule has 0 radical (unpaired) electrons. The van der Waals surface area contributed by atoms with E-state index in [1.54, 1.807) is 0 Å². The Bertz CT molecular complexity index is 331. The molecule has 0 bridgehead atoms. The lowest BCUT2D eigenvalue weighted by Crippen LogP contribution is -2.15. The molecule has 0 aliphatic heterocycles. The van der Waals surface area contributed by atoms with E-state index in [4.69, 9.17) is 9.47 Å². The third kappa shape index (κ3) is 4.33. The number of thiophene rings is 1. The monoisotopic (exact) mass is 240 g/mol. The van der Waals surface area contributed by atoms with Crippen molar-refractivity contribution in [2.75, 3.05) is 13.2 Å². The summed E-state index contributed by atoms with van der Waals surface area (Å²) in [6.07, 6.45) is -1.31. The normalized spacial score (nSPS) is 12.2. The van der Waals surface area contributed by atoms with Crippen LogP contribution in [0.4, 0.5) is 0 Å². The lowest BCUT2D eigenvalue weighted by Gasteiger charge is -2.10. The van der Waals surface area contributed by atoms with Gasteiger partial charge in [0.2, 0.25) is 6.29 Å². The van der Waals surface area contributed by atoms with Crippen molar-refractivity contribution in [2.24, 2.45) is 0 Å². The standard InChI is InChI=1S/C12H16O3S/c1-3-14-12(15-4-2)8-7-10(13)11-6-5-9-16-11/h5-6,9-10,12-13H,3-4H2,1-2H3. The maximum absolute atomic E-state index is 9.72. The van der Waals surface area contributed by atoms with Crippen LogP contribution < -0.4 is 0 Å². The molecule has 3 nitrogen and oxygen atoms in total. The summed E-state index contributed by atoms with van der Waals surface area (Å²) < 4.78 is 10.5. The van der Waals surface area contributed by atoms with Crippen LogP contribution in [0.2, 0.25) is 0 Å². The van der Waals surface area contributed by atoms with Crippen molar-refractivity contribution in [2.45, 2.75) is 26.2 Å². The summed E-state index contributed by atoms with van der Waals surface area (Å²) in [4.78, 5) is 0.833. The minimum atomic E-state index is -0.761. The third-order valence-corrected chi connectivity index (χ3v) is 2.71. The highest BCUT2D eigenvalue weighted by Gasteiger charge is 2.06. The van der Waals surface area contributed by atoms with E-state index in [-0.39, 0.29) is 0 Å². The van der Waals surface area contributed by atoms with E-state index in [2.05, 4.69) is 11.8 Å². The van der Waals surface area contributed by atoms with Gasteiger partial charge >= 0.3 is 0 Å². The Kier molecular flexibility index (Phi) is 6.12. The van der Waals surface area contributed by atoms with Crippen LogP contribution in [0.1, 0.15) is 24.8 Å². The maximum Gasteiger partial charge on any atom is 0.222 e. The maximum atomic E-state index is 9.72. The second kappa shape index (κ2) is 7.42. The highest BCUT2D eigenvalue weighted by molar-refractivity contribution is 7.10. The van der Waals surface area contributed by atoms with Gasteiger partial charge in [-0.2, -0.15) is 0 Å². The molecule has 0 aliphatic rings. The molecule has 0 aromatic carbocycles. The van der Waals surface area contributed by atoms with Crippen LogP contribution in [-0.2, 0) is 9.47 Å². The zero-order chi connectivity index (χ0) is 11.8. The molecule has 0 aliphatic carbocycles. The van der Waals surface area contributed by atoms with Gasteiger partial charge in [-0.1, -0.05) is 12.0 Å². The molecule has 1 atom stereocenters. The van der Waals surface area contributed by atoms with Gasteiger partial charge < -0.3 is 14.6 Å². The van der Waals surface area contributed by atoms with E-state index in [0.717, 1.165) is 4.88 Å². The van der Waals surface area contributed by atoms with E-state index >= 15 is 0 Å². The molecule has 88 valence electrons. The van der Waals surface area contributed by atoms with Crippen molar-refractivity contribution in [1.29, 1.82) is 0 Å². The molecule has 0 fully saturated rings. The fourth-order valence-electron chi connectivity index (χ4n) is 1.10. The van der Waals surface area contributed by atoms with Gasteiger partial charge in [0.05, 0.1) is 0 Å². The minimum absolute atomic E-state index is 0.536. The molecule has 1 N–H and O–H groups in total. The molecule has 1 heterocycles. The highest BCUT2D eigenvalue weighted by atomic mass is 32.1. The van der Waals surface area contributed by atoms with Crippen LogP contribution in [0.5, 0.6) is 0 Å². The van der Waals surface area contributed by atoms with Crippen LogP contribution >= 0.6 is 11.3 Å². The summed E-state index contributed by atoms with van der Waals surface area (Å²) in [5, 5.41) is 11.6. The Balaban J connectivity index is 2.56.